The van der Waals surface area contributed by atoms with Crippen molar-refractivity contribution < 1.29 is 13.7 Å². The lowest BCUT2D eigenvalue weighted by molar-refractivity contribution is 0.00578. The van der Waals surface area contributed by atoms with Crippen LogP contribution in [0.5, 0.6) is 0 Å². The molecule has 0 spiro atoms. The van der Waals surface area contributed by atoms with E-state index in [1.54, 1.807) is 17.4 Å². The first-order chi connectivity index (χ1) is 12.8. The normalized spacial score (nSPS) is 18.0. The number of hydrogen-bond donors (Lipinski definition) is 0. The molecule has 1 aliphatic heterocycles. The minimum Gasteiger partial charge on any atom is -0.399 e. The average Bonchev–Trinajstić information content (AvgIpc) is 3.18. The summed E-state index contributed by atoms with van der Waals surface area (Å²) in [7, 11) is -0.708. The summed E-state index contributed by atoms with van der Waals surface area (Å²) in [5, 5.41) is 0.785. The Balaban J connectivity index is 1.61. The van der Waals surface area contributed by atoms with E-state index < -0.39 is 18.3 Å². The monoisotopic (exact) mass is 381 g/mol. The highest BCUT2D eigenvalue weighted by atomic mass is 32.1. The second-order valence-corrected chi connectivity index (χ2v) is 8.75. The van der Waals surface area contributed by atoms with Crippen molar-refractivity contribution >= 4 is 23.9 Å². The molecule has 27 heavy (non-hydrogen) atoms. The minimum atomic E-state index is -0.708. The second-order valence-electron chi connectivity index (χ2n) is 7.72. The number of halogens is 1. The Morgan fingerprint density at radius 1 is 0.926 bits per heavy atom. The van der Waals surface area contributed by atoms with Gasteiger partial charge in [0.25, 0.3) is 0 Å². The number of aromatic nitrogens is 1. The van der Waals surface area contributed by atoms with Crippen molar-refractivity contribution in [2.75, 3.05) is 0 Å². The Hall–Kier alpha value is -2.02. The molecule has 3 aromatic rings. The fourth-order valence-electron chi connectivity index (χ4n) is 2.96. The summed E-state index contributed by atoms with van der Waals surface area (Å²) in [5.74, 6) is -0.345. The van der Waals surface area contributed by atoms with Crippen molar-refractivity contribution in [1.82, 2.24) is 4.98 Å². The number of thiazole rings is 1. The molecule has 0 radical (unpaired) electrons. The van der Waals surface area contributed by atoms with Crippen molar-refractivity contribution in [3.8, 4) is 21.0 Å². The van der Waals surface area contributed by atoms with Gasteiger partial charge in [-0.25, -0.2) is 9.37 Å². The molecule has 1 fully saturated rings. The highest BCUT2D eigenvalue weighted by Crippen LogP contribution is 2.37. The van der Waals surface area contributed by atoms with E-state index in [0.717, 1.165) is 21.0 Å². The van der Waals surface area contributed by atoms with Crippen LogP contribution < -0.4 is 5.46 Å². The van der Waals surface area contributed by atoms with Gasteiger partial charge in [0.2, 0.25) is 0 Å². The fourth-order valence-corrected chi connectivity index (χ4v) is 3.88. The van der Waals surface area contributed by atoms with Gasteiger partial charge in [-0.05, 0) is 39.3 Å². The van der Waals surface area contributed by atoms with Gasteiger partial charge in [0.1, 0.15) is 10.8 Å². The van der Waals surface area contributed by atoms with Gasteiger partial charge in [-0.3, -0.25) is 0 Å². The lowest BCUT2D eigenvalue weighted by Crippen LogP contribution is -2.41. The Kier molecular flexibility index (Phi) is 4.45. The molecule has 3 nitrogen and oxygen atoms in total. The molecule has 0 unspecified atom stereocenters. The Labute approximate surface area is 163 Å². The van der Waals surface area contributed by atoms with Crippen LogP contribution in [-0.4, -0.2) is 23.3 Å². The highest BCUT2D eigenvalue weighted by molar-refractivity contribution is 7.18. The molecule has 0 N–H and O–H groups in total. The molecule has 1 aromatic heterocycles. The molecule has 2 heterocycles. The molecular weight excluding hydrogens is 360 g/mol. The molecule has 0 saturated carbocycles. The van der Waals surface area contributed by atoms with E-state index in [9.17, 15) is 4.39 Å². The summed E-state index contributed by atoms with van der Waals surface area (Å²) in [4.78, 5) is 5.52. The third-order valence-corrected chi connectivity index (χ3v) is 6.41. The SMILES string of the molecule is CC1(C)OB(c2ccc(-c3ncc(-c4ccccc4)s3)cc2F)OC1(C)C. The van der Waals surface area contributed by atoms with E-state index in [4.69, 9.17) is 9.31 Å². The lowest BCUT2D eigenvalue weighted by Gasteiger charge is -2.32. The summed E-state index contributed by atoms with van der Waals surface area (Å²) in [6, 6.07) is 15.2. The van der Waals surface area contributed by atoms with Gasteiger partial charge >= 0.3 is 7.12 Å². The van der Waals surface area contributed by atoms with Gasteiger partial charge in [-0.1, -0.05) is 42.5 Å². The fraction of sp³-hybridized carbons (Fsp3) is 0.286. The predicted molar refractivity (Wildman–Crippen MR) is 109 cm³/mol. The molecule has 2 aromatic carbocycles. The molecule has 0 bridgehead atoms. The van der Waals surface area contributed by atoms with E-state index in [-0.39, 0.29) is 5.82 Å². The van der Waals surface area contributed by atoms with Crippen LogP contribution in [0.15, 0.2) is 54.7 Å². The zero-order valence-electron chi connectivity index (χ0n) is 15.8. The van der Waals surface area contributed by atoms with E-state index in [1.807, 2.05) is 70.3 Å². The van der Waals surface area contributed by atoms with Crippen LogP contribution in [-0.2, 0) is 9.31 Å². The van der Waals surface area contributed by atoms with Crippen molar-refractivity contribution in [1.29, 1.82) is 0 Å². The zero-order valence-corrected chi connectivity index (χ0v) is 16.6. The zero-order chi connectivity index (χ0) is 19.2. The Bertz CT molecular complexity index is 955. The number of benzene rings is 2. The van der Waals surface area contributed by atoms with Gasteiger partial charge < -0.3 is 9.31 Å². The van der Waals surface area contributed by atoms with Crippen molar-refractivity contribution in [2.45, 2.75) is 38.9 Å². The summed E-state index contributed by atoms with van der Waals surface area (Å²) < 4.78 is 26.8. The average molecular weight is 381 g/mol. The van der Waals surface area contributed by atoms with Crippen LogP contribution >= 0.6 is 11.3 Å². The number of nitrogens with zero attached hydrogens (tertiary/aromatic N) is 1. The van der Waals surface area contributed by atoms with E-state index in [1.165, 1.54) is 6.07 Å². The van der Waals surface area contributed by atoms with Crippen molar-refractivity contribution in [2.24, 2.45) is 0 Å². The molecule has 6 heteroatoms. The van der Waals surface area contributed by atoms with Gasteiger partial charge in [-0.15, -0.1) is 11.3 Å². The van der Waals surface area contributed by atoms with E-state index in [0.29, 0.717) is 5.46 Å². The Morgan fingerprint density at radius 3 is 2.22 bits per heavy atom. The molecule has 0 amide bonds. The maximum absolute atomic E-state index is 14.8. The third kappa shape index (κ3) is 3.33. The minimum absolute atomic E-state index is 0.345. The summed E-state index contributed by atoms with van der Waals surface area (Å²) in [6.07, 6.45) is 1.83. The second kappa shape index (κ2) is 6.55. The first-order valence-corrected chi connectivity index (χ1v) is 9.75. The van der Waals surface area contributed by atoms with Crippen LogP contribution in [0.1, 0.15) is 27.7 Å². The summed E-state index contributed by atoms with van der Waals surface area (Å²) >= 11 is 1.55. The van der Waals surface area contributed by atoms with Gasteiger partial charge in [0.05, 0.1) is 16.1 Å². The highest BCUT2D eigenvalue weighted by Gasteiger charge is 2.52. The third-order valence-electron chi connectivity index (χ3n) is 5.32. The van der Waals surface area contributed by atoms with Crippen LogP contribution in [0.4, 0.5) is 4.39 Å². The van der Waals surface area contributed by atoms with E-state index in [2.05, 4.69) is 4.98 Å². The number of rotatable bonds is 3. The molecule has 1 aliphatic rings. The molecule has 4 rings (SSSR count). The largest absolute Gasteiger partial charge is 0.497 e. The first-order valence-electron chi connectivity index (χ1n) is 8.93. The van der Waals surface area contributed by atoms with Gasteiger partial charge in [-0.2, -0.15) is 0 Å². The van der Waals surface area contributed by atoms with Crippen LogP contribution in [0.3, 0.4) is 0 Å². The summed E-state index contributed by atoms with van der Waals surface area (Å²) in [6.45, 7) is 7.83. The molecule has 0 aliphatic carbocycles. The molecule has 138 valence electrons. The van der Waals surface area contributed by atoms with E-state index >= 15 is 0 Å². The summed E-state index contributed by atoms with van der Waals surface area (Å²) in [5.41, 5.74) is 1.28. The number of hydrogen-bond acceptors (Lipinski definition) is 4. The van der Waals surface area contributed by atoms with Crippen LogP contribution in [0.2, 0.25) is 0 Å². The maximum Gasteiger partial charge on any atom is 0.497 e. The molecule has 0 atom stereocenters. The van der Waals surface area contributed by atoms with Crippen molar-refractivity contribution in [3.63, 3.8) is 0 Å². The van der Waals surface area contributed by atoms with Gasteiger partial charge in [0, 0.05) is 17.2 Å². The maximum atomic E-state index is 14.8. The van der Waals surface area contributed by atoms with Crippen molar-refractivity contribution in [3.05, 3.63) is 60.5 Å². The van der Waals surface area contributed by atoms with Crippen LogP contribution in [0, 0.1) is 5.82 Å². The van der Waals surface area contributed by atoms with Crippen LogP contribution in [0.25, 0.3) is 21.0 Å². The smallest absolute Gasteiger partial charge is 0.399 e. The molecule has 1 saturated heterocycles. The Morgan fingerprint density at radius 2 is 1.59 bits per heavy atom. The molecular formula is C21H21BFNO2S. The quantitative estimate of drug-likeness (QED) is 0.604. The van der Waals surface area contributed by atoms with Gasteiger partial charge in [0.15, 0.2) is 0 Å². The first kappa shape index (κ1) is 18.4. The predicted octanol–water partition coefficient (Wildman–Crippen LogP) is 4.92. The lowest BCUT2D eigenvalue weighted by atomic mass is 9.78. The topological polar surface area (TPSA) is 31.4 Å². The standard InChI is InChI=1S/C21H21BFNO2S/c1-20(2)21(3,4)26-22(25-20)16-11-10-15(12-17(16)23)19-24-13-18(27-19)14-8-6-5-7-9-14/h5-13H,1-4H3.